The van der Waals surface area contributed by atoms with Crippen LogP contribution in [-0.4, -0.2) is 10.2 Å². The fourth-order valence-electron chi connectivity index (χ4n) is 1.60. The van der Waals surface area contributed by atoms with E-state index in [9.17, 15) is 10.2 Å². The van der Waals surface area contributed by atoms with Gasteiger partial charge in [0.2, 0.25) is 0 Å². The van der Waals surface area contributed by atoms with Crippen LogP contribution in [0.4, 0.5) is 0 Å². The first-order chi connectivity index (χ1) is 8.09. The first-order valence-corrected chi connectivity index (χ1v) is 6.61. The minimum absolute atomic E-state index is 0.0133. The Labute approximate surface area is 116 Å². The highest BCUT2D eigenvalue weighted by Crippen LogP contribution is 2.41. The fraction of sp³-hybridized carbons (Fsp3) is 0.0769. The first-order valence-electron chi connectivity index (χ1n) is 5.02. The lowest BCUT2D eigenvalue weighted by Crippen LogP contribution is -1.90. The summed E-state index contributed by atoms with van der Waals surface area (Å²) >= 11 is 6.42. The van der Waals surface area contributed by atoms with Gasteiger partial charge in [-0.1, -0.05) is 30.3 Å². The van der Waals surface area contributed by atoms with Gasteiger partial charge in [-0.2, -0.15) is 0 Å². The van der Waals surface area contributed by atoms with E-state index in [1.54, 1.807) is 6.07 Å². The van der Waals surface area contributed by atoms with Crippen molar-refractivity contribution in [2.75, 3.05) is 0 Å². The van der Waals surface area contributed by atoms with Crippen LogP contribution in [0.5, 0.6) is 11.5 Å². The Hall–Kier alpha value is -1.00. The molecule has 0 aliphatic carbocycles. The van der Waals surface area contributed by atoms with E-state index in [4.69, 9.17) is 0 Å². The average molecular weight is 358 g/mol. The van der Waals surface area contributed by atoms with Crippen LogP contribution < -0.4 is 0 Å². The molecule has 88 valence electrons. The van der Waals surface area contributed by atoms with Crippen LogP contribution in [0.3, 0.4) is 0 Å². The molecule has 4 heteroatoms. The summed E-state index contributed by atoms with van der Waals surface area (Å²) in [7, 11) is 0. The van der Waals surface area contributed by atoms with Crippen LogP contribution >= 0.6 is 31.9 Å². The van der Waals surface area contributed by atoms with Gasteiger partial charge in [-0.25, -0.2) is 0 Å². The molecular formula is C13H10Br2O2. The number of aromatic hydroxyl groups is 2. The maximum Gasteiger partial charge on any atom is 0.147 e. The monoisotopic (exact) mass is 356 g/mol. The van der Waals surface area contributed by atoms with E-state index in [1.165, 1.54) is 0 Å². The molecule has 0 saturated carbocycles. The summed E-state index contributed by atoms with van der Waals surface area (Å²) in [5.74, 6) is 0.0915. The van der Waals surface area contributed by atoms with Crippen molar-refractivity contribution in [3.63, 3.8) is 0 Å². The van der Waals surface area contributed by atoms with Gasteiger partial charge in [-0.3, -0.25) is 0 Å². The Kier molecular flexibility index (Phi) is 3.74. The second-order valence-electron chi connectivity index (χ2n) is 3.69. The third-order valence-corrected chi connectivity index (χ3v) is 3.84. The molecule has 0 aliphatic rings. The van der Waals surface area contributed by atoms with Gasteiger partial charge in [0.25, 0.3) is 0 Å². The number of phenols is 2. The number of rotatable bonds is 2. The highest BCUT2D eigenvalue weighted by Gasteiger charge is 2.13. The second kappa shape index (κ2) is 5.10. The van der Waals surface area contributed by atoms with Crippen molar-refractivity contribution in [1.29, 1.82) is 0 Å². The molecular weight excluding hydrogens is 348 g/mol. The van der Waals surface area contributed by atoms with Crippen LogP contribution in [0.2, 0.25) is 0 Å². The van der Waals surface area contributed by atoms with Crippen molar-refractivity contribution < 1.29 is 10.2 Å². The SMILES string of the molecule is Oc1c(Br)cc(Cc2ccccc2)c(O)c1Br. The van der Waals surface area contributed by atoms with E-state index in [1.807, 2.05) is 30.3 Å². The fourth-order valence-corrected chi connectivity index (χ4v) is 2.81. The third-order valence-electron chi connectivity index (χ3n) is 2.48. The molecule has 0 aromatic heterocycles. The molecule has 0 unspecified atom stereocenters. The quantitative estimate of drug-likeness (QED) is 0.845. The Morgan fingerprint density at radius 1 is 0.941 bits per heavy atom. The Morgan fingerprint density at radius 2 is 1.59 bits per heavy atom. The van der Waals surface area contributed by atoms with Crippen molar-refractivity contribution in [3.05, 3.63) is 56.5 Å². The molecule has 0 saturated heterocycles. The standard InChI is InChI=1S/C13H10Br2O2/c14-10-7-9(12(16)11(15)13(10)17)6-8-4-2-1-3-5-8/h1-5,7,16-17H,6H2. The lowest BCUT2D eigenvalue weighted by molar-refractivity contribution is 0.438. The molecule has 0 bridgehead atoms. The van der Waals surface area contributed by atoms with E-state index in [0.717, 1.165) is 11.1 Å². The maximum absolute atomic E-state index is 9.94. The Balaban J connectivity index is 2.41. The van der Waals surface area contributed by atoms with Crippen molar-refractivity contribution in [2.45, 2.75) is 6.42 Å². The number of phenolic OH excluding ortho intramolecular Hbond substituents is 2. The summed E-state index contributed by atoms with van der Waals surface area (Å²) in [4.78, 5) is 0. The predicted molar refractivity (Wildman–Crippen MR) is 74.4 cm³/mol. The zero-order valence-corrected chi connectivity index (χ0v) is 12.0. The zero-order valence-electron chi connectivity index (χ0n) is 8.82. The molecule has 0 amide bonds. The molecule has 17 heavy (non-hydrogen) atoms. The van der Waals surface area contributed by atoms with Gasteiger partial charge in [0.1, 0.15) is 16.0 Å². The van der Waals surface area contributed by atoms with Crippen molar-refractivity contribution in [2.24, 2.45) is 0 Å². The number of hydrogen-bond donors (Lipinski definition) is 2. The van der Waals surface area contributed by atoms with E-state index in [2.05, 4.69) is 31.9 Å². The molecule has 2 aromatic carbocycles. The minimum Gasteiger partial charge on any atom is -0.506 e. The smallest absolute Gasteiger partial charge is 0.147 e. The Bertz CT molecular complexity index is 539. The summed E-state index contributed by atoms with van der Waals surface area (Å²) in [5, 5.41) is 19.6. The molecule has 2 N–H and O–H groups in total. The Morgan fingerprint density at radius 3 is 2.24 bits per heavy atom. The van der Waals surface area contributed by atoms with Crippen LogP contribution in [0.15, 0.2) is 45.3 Å². The molecule has 0 atom stereocenters. The molecule has 0 heterocycles. The van der Waals surface area contributed by atoms with Crippen LogP contribution in [0.1, 0.15) is 11.1 Å². The van der Waals surface area contributed by atoms with Gasteiger partial charge in [0.15, 0.2) is 0 Å². The van der Waals surface area contributed by atoms with E-state index in [-0.39, 0.29) is 11.5 Å². The van der Waals surface area contributed by atoms with E-state index in [0.29, 0.717) is 15.4 Å². The van der Waals surface area contributed by atoms with Crippen LogP contribution in [0.25, 0.3) is 0 Å². The van der Waals surface area contributed by atoms with E-state index >= 15 is 0 Å². The molecule has 0 aliphatic heterocycles. The molecule has 0 radical (unpaired) electrons. The lowest BCUT2D eigenvalue weighted by Gasteiger charge is -2.09. The summed E-state index contributed by atoms with van der Waals surface area (Å²) in [6.45, 7) is 0. The third kappa shape index (κ3) is 2.64. The van der Waals surface area contributed by atoms with Gasteiger partial charge in [0.05, 0.1) is 4.47 Å². The van der Waals surface area contributed by atoms with Gasteiger partial charge in [-0.05, 0) is 43.5 Å². The van der Waals surface area contributed by atoms with Crippen molar-refractivity contribution >= 4 is 31.9 Å². The highest BCUT2D eigenvalue weighted by atomic mass is 79.9. The molecule has 0 fully saturated rings. The van der Waals surface area contributed by atoms with Gasteiger partial charge < -0.3 is 10.2 Å². The predicted octanol–water partition coefficient (Wildman–Crippen LogP) is 4.21. The number of hydrogen-bond acceptors (Lipinski definition) is 2. The molecule has 2 nitrogen and oxygen atoms in total. The van der Waals surface area contributed by atoms with Crippen LogP contribution in [-0.2, 0) is 6.42 Å². The molecule has 2 rings (SSSR count). The number of benzene rings is 2. The summed E-state index contributed by atoms with van der Waals surface area (Å²) in [6, 6.07) is 11.6. The average Bonchev–Trinajstić information content (AvgIpc) is 2.35. The summed E-state index contributed by atoms with van der Waals surface area (Å²) < 4.78 is 0.880. The second-order valence-corrected chi connectivity index (χ2v) is 5.34. The van der Waals surface area contributed by atoms with Gasteiger partial charge in [-0.15, -0.1) is 0 Å². The largest absolute Gasteiger partial charge is 0.506 e. The highest BCUT2D eigenvalue weighted by molar-refractivity contribution is 9.11. The van der Waals surface area contributed by atoms with Gasteiger partial charge in [0, 0.05) is 12.0 Å². The van der Waals surface area contributed by atoms with Gasteiger partial charge >= 0.3 is 0 Å². The van der Waals surface area contributed by atoms with E-state index < -0.39 is 0 Å². The van der Waals surface area contributed by atoms with Crippen molar-refractivity contribution in [3.8, 4) is 11.5 Å². The minimum atomic E-state index is 0.0133. The summed E-state index contributed by atoms with van der Waals surface area (Å²) in [6.07, 6.45) is 0.615. The maximum atomic E-state index is 9.94. The molecule has 0 spiro atoms. The normalized spacial score (nSPS) is 10.5. The van der Waals surface area contributed by atoms with Crippen molar-refractivity contribution in [1.82, 2.24) is 0 Å². The number of halogens is 2. The lowest BCUT2D eigenvalue weighted by atomic mass is 10.0. The topological polar surface area (TPSA) is 40.5 Å². The zero-order chi connectivity index (χ0) is 12.4. The summed E-state index contributed by atoms with van der Waals surface area (Å²) in [5.41, 5.74) is 1.86. The van der Waals surface area contributed by atoms with Crippen LogP contribution in [0, 0.1) is 0 Å². The first kappa shape index (κ1) is 12.5. The molecule has 2 aromatic rings.